The van der Waals surface area contributed by atoms with Gasteiger partial charge in [-0.25, -0.2) is 0 Å². The van der Waals surface area contributed by atoms with Crippen LogP contribution in [-0.4, -0.2) is 56.6 Å². The molecule has 25 heavy (non-hydrogen) atoms. The average molecular weight is 374 g/mol. The molecule has 0 spiro atoms. The van der Waals surface area contributed by atoms with Crippen molar-refractivity contribution in [2.24, 2.45) is 11.7 Å². The number of hydrogen-bond acceptors (Lipinski definition) is 5. The number of carbonyl (C=O) groups is 2. The second-order valence-corrected chi connectivity index (χ2v) is 5.83. The Morgan fingerprint density at radius 1 is 1.20 bits per heavy atom. The summed E-state index contributed by atoms with van der Waals surface area (Å²) in [4.78, 5) is 25.2. The highest BCUT2D eigenvalue weighted by atomic mass is 35.5. The van der Waals surface area contributed by atoms with E-state index in [9.17, 15) is 9.59 Å². The van der Waals surface area contributed by atoms with Crippen LogP contribution in [-0.2, 0) is 9.59 Å². The van der Waals surface area contributed by atoms with E-state index in [1.807, 2.05) is 13.8 Å². The van der Waals surface area contributed by atoms with Crippen molar-refractivity contribution in [2.75, 3.05) is 33.9 Å². The van der Waals surface area contributed by atoms with Gasteiger partial charge in [0.1, 0.15) is 18.1 Å². The lowest BCUT2D eigenvalue weighted by atomic mass is 10.1. The number of nitrogens with zero attached hydrogens (tertiary/aromatic N) is 1. The van der Waals surface area contributed by atoms with Crippen LogP contribution in [0.25, 0.3) is 0 Å². The summed E-state index contributed by atoms with van der Waals surface area (Å²) in [6.07, 6.45) is 0. The van der Waals surface area contributed by atoms with Crippen molar-refractivity contribution >= 4 is 24.2 Å². The van der Waals surface area contributed by atoms with Gasteiger partial charge in [-0.3, -0.25) is 9.59 Å². The first kappa shape index (κ1) is 23.0. The van der Waals surface area contributed by atoms with Crippen LogP contribution in [0.1, 0.15) is 13.8 Å². The van der Waals surface area contributed by atoms with Gasteiger partial charge in [-0.2, -0.15) is 0 Å². The van der Waals surface area contributed by atoms with Crippen molar-refractivity contribution in [3.63, 3.8) is 0 Å². The molecule has 0 aromatic heterocycles. The molecule has 2 amide bonds. The number of benzene rings is 1. The van der Waals surface area contributed by atoms with Crippen LogP contribution < -0.4 is 20.5 Å². The van der Waals surface area contributed by atoms with E-state index in [0.717, 1.165) is 5.75 Å². The van der Waals surface area contributed by atoms with Gasteiger partial charge in [-0.1, -0.05) is 13.8 Å². The fourth-order valence-corrected chi connectivity index (χ4v) is 1.82. The van der Waals surface area contributed by atoms with E-state index in [0.29, 0.717) is 18.9 Å². The van der Waals surface area contributed by atoms with Crippen LogP contribution in [0.15, 0.2) is 24.3 Å². The molecule has 0 aliphatic heterocycles. The minimum absolute atomic E-state index is 0. The molecule has 0 aliphatic carbocycles. The summed E-state index contributed by atoms with van der Waals surface area (Å²) in [7, 11) is 3.26. The highest BCUT2D eigenvalue weighted by Crippen LogP contribution is 2.16. The van der Waals surface area contributed by atoms with Crippen LogP contribution in [0.4, 0.5) is 0 Å². The van der Waals surface area contributed by atoms with Crippen molar-refractivity contribution in [3.05, 3.63) is 24.3 Å². The molecular weight excluding hydrogens is 346 g/mol. The van der Waals surface area contributed by atoms with E-state index in [1.165, 1.54) is 4.90 Å². The predicted octanol–water partition coefficient (Wildman–Crippen LogP) is 1.05. The van der Waals surface area contributed by atoms with Gasteiger partial charge in [0.25, 0.3) is 0 Å². The molecule has 142 valence electrons. The zero-order chi connectivity index (χ0) is 18.1. The van der Waals surface area contributed by atoms with Gasteiger partial charge in [-0.05, 0) is 30.2 Å². The molecule has 3 N–H and O–H groups in total. The number of hydrogen-bond donors (Lipinski definition) is 2. The van der Waals surface area contributed by atoms with Gasteiger partial charge in [0.2, 0.25) is 11.8 Å². The number of nitrogens with one attached hydrogen (secondary N) is 1. The molecule has 1 atom stereocenters. The number of rotatable bonds is 9. The zero-order valence-electron chi connectivity index (χ0n) is 15.2. The van der Waals surface area contributed by atoms with Crippen molar-refractivity contribution in [2.45, 2.75) is 19.9 Å². The van der Waals surface area contributed by atoms with Gasteiger partial charge in [0.05, 0.1) is 26.2 Å². The van der Waals surface area contributed by atoms with E-state index in [4.69, 9.17) is 15.2 Å². The number of carbonyl (C=O) groups excluding carboxylic acids is 2. The lowest BCUT2D eigenvalue weighted by Crippen LogP contribution is -2.47. The number of ether oxygens (including phenoxy) is 2. The largest absolute Gasteiger partial charge is 0.497 e. The standard InChI is InChI=1S/C17H27N3O4.ClH/c1-12(2)16(18)17(22)19-11-15(21)20(3)9-10-24-14-7-5-13(23-4)6-8-14;/h5-8,12,16H,9-11,18H2,1-4H3,(H,19,22);1H/t16-;/m0./s1. The normalized spacial score (nSPS) is 11.3. The fraction of sp³-hybridized carbons (Fsp3) is 0.529. The second-order valence-electron chi connectivity index (χ2n) is 5.83. The maximum absolute atomic E-state index is 12.0. The van der Waals surface area contributed by atoms with Crippen LogP contribution in [0.3, 0.4) is 0 Å². The number of halogens is 1. The van der Waals surface area contributed by atoms with E-state index in [2.05, 4.69) is 5.32 Å². The van der Waals surface area contributed by atoms with Crippen molar-refractivity contribution in [1.29, 1.82) is 0 Å². The first-order chi connectivity index (χ1) is 11.3. The Balaban J connectivity index is 0.00000576. The van der Waals surface area contributed by atoms with Crippen molar-refractivity contribution in [3.8, 4) is 11.5 Å². The molecule has 0 heterocycles. The molecule has 7 nitrogen and oxygen atoms in total. The third-order valence-electron chi connectivity index (χ3n) is 3.62. The Labute approximate surface area is 155 Å². The first-order valence-electron chi connectivity index (χ1n) is 7.89. The van der Waals surface area contributed by atoms with E-state index in [1.54, 1.807) is 38.4 Å². The third kappa shape index (κ3) is 8.09. The molecule has 0 saturated heterocycles. The van der Waals surface area contributed by atoms with Gasteiger partial charge < -0.3 is 25.4 Å². The number of amides is 2. The Kier molecular flexibility index (Phi) is 10.6. The molecule has 0 radical (unpaired) electrons. The summed E-state index contributed by atoms with van der Waals surface area (Å²) in [5, 5.41) is 2.56. The fourth-order valence-electron chi connectivity index (χ4n) is 1.82. The quantitative estimate of drug-likeness (QED) is 0.674. The summed E-state index contributed by atoms with van der Waals surface area (Å²) >= 11 is 0. The molecule has 0 bridgehead atoms. The lowest BCUT2D eigenvalue weighted by molar-refractivity contribution is -0.132. The minimum Gasteiger partial charge on any atom is -0.497 e. The minimum atomic E-state index is -0.610. The second kappa shape index (κ2) is 11.5. The summed E-state index contributed by atoms with van der Waals surface area (Å²) in [5.74, 6) is 0.965. The third-order valence-corrected chi connectivity index (χ3v) is 3.62. The Morgan fingerprint density at radius 3 is 2.28 bits per heavy atom. The lowest BCUT2D eigenvalue weighted by Gasteiger charge is -2.19. The summed E-state index contributed by atoms with van der Waals surface area (Å²) in [5.41, 5.74) is 5.72. The molecular formula is C17H28ClN3O4. The van der Waals surface area contributed by atoms with Crippen LogP contribution in [0.5, 0.6) is 11.5 Å². The van der Waals surface area contributed by atoms with E-state index in [-0.39, 0.29) is 36.7 Å². The maximum atomic E-state index is 12.0. The van der Waals surface area contributed by atoms with Crippen LogP contribution in [0, 0.1) is 5.92 Å². The molecule has 0 aliphatic rings. The van der Waals surface area contributed by atoms with Gasteiger partial charge in [-0.15, -0.1) is 12.4 Å². The Morgan fingerprint density at radius 2 is 1.76 bits per heavy atom. The summed E-state index contributed by atoms with van der Waals surface area (Å²) in [6.45, 7) is 4.41. The maximum Gasteiger partial charge on any atom is 0.241 e. The molecule has 1 rings (SSSR count). The first-order valence-corrected chi connectivity index (χ1v) is 7.89. The van der Waals surface area contributed by atoms with Crippen LogP contribution >= 0.6 is 12.4 Å². The highest BCUT2D eigenvalue weighted by Gasteiger charge is 2.18. The SMILES string of the molecule is COc1ccc(OCCN(C)C(=O)CNC(=O)[C@@H](N)C(C)C)cc1.Cl. The van der Waals surface area contributed by atoms with Crippen molar-refractivity contribution < 1.29 is 19.1 Å². The molecule has 0 fully saturated rings. The summed E-state index contributed by atoms with van der Waals surface area (Å²) in [6, 6.07) is 6.60. The molecule has 0 saturated carbocycles. The Bertz CT molecular complexity index is 537. The smallest absolute Gasteiger partial charge is 0.241 e. The number of methoxy groups -OCH3 is 1. The van der Waals surface area contributed by atoms with E-state index < -0.39 is 6.04 Å². The van der Waals surface area contributed by atoms with Crippen LogP contribution in [0.2, 0.25) is 0 Å². The monoisotopic (exact) mass is 373 g/mol. The zero-order valence-corrected chi connectivity index (χ0v) is 16.0. The van der Waals surface area contributed by atoms with Gasteiger partial charge >= 0.3 is 0 Å². The molecule has 1 aromatic carbocycles. The molecule has 8 heteroatoms. The van der Waals surface area contributed by atoms with E-state index >= 15 is 0 Å². The topological polar surface area (TPSA) is 93.9 Å². The number of nitrogens with two attached hydrogens (primary N) is 1. The van der Waals surface area contributed by atoms with Crippen molar-refractivity contribution in [1.82, 2.24) is 10.2 Å². The predicted molar refractivity (Wildman–Crippen MR) is 99.2 cm³/mol. The molecule has 1 aromatic rings. The Hall–Kier alpha value is -1.99. The van der Waals surface area contributed by atoms with Gasteiger partial charge in [0, 0.05) is 7.05 Å². The number of likely N-dealkylation sites (N-methyl/N-ethyl adjacent to an activating group) is 1. The average Bonchev–Trinajstić information content (AvgIpc) is 2.58. The summed E-state index contributed by atoms with van der Waals surface area (Å²) < 4.78 is 10.6. The van der Waals surface area contributed by atoms with Gasteiger partial charge in [0.15, 0.2) is 0 Å². The highest BCUT2D eigenvalue weighted by molar-refractivity contribution is 5.87. The molecule has 0 unspecified atom stereocenters.